The van der Waals surface area contributed by atoms with Crippen LogP contribution in [-0.2, 0) is 10.0 Å². The summed E-state index contributed by atoms with van der Waals surface area (Å²) in [5.41, 5.74) is 6.55. The van der Waals surface area contributed by atoms with Crippen LogP contribution in [0.1, 0.15) is 5.56 Å². The van der Waals surface area contributed by atoms with Crippen LogP contribution in [0.25, 0.3) is 0 Å². The van der Waals surface area contributed by atoms with Crippen LogP contribution in [0, 0.1) is 12.7 Å². The van der Waals surface area contributed by atoms with E-state index in [4.69, 9.17) is 17.3 Å². The molecule has 0 heterocycles. The molecule has 20 heavy (non-hydrogen) atoms. The van der Waals surface area contributed by atoms with Gasteiger partial charge in [0, 0.05) is 0 Å². The average Bonchev–Trinajstić information content (AvgIpc) is 2.36. The zero-order valence-electron chi connectivity index (χ0n) is 10.5. The maximum atomic E-state index is 13.0. The van der Waals surface area contributed by atoms with Crippen molar-refractivity contribution in [2.75, 3.05) is 10.5 Å². The number of benzene rings is 2. The molecule has 7 heteroatoms. The lowest BCUT2D eigenvalue weighted by atomic mass is 10.2. The third kappa shape index (κ3) is 3.02. The molecule has 0 aromatic heterocycles. The fourth-order valence-electron chi connectivity index (χ4n) is 1.63. The van der Waals surface area contributed by atoms with Gasteiger partial charge in [0.2, 0.25) is 0 Å². The van der Waals surface area contributed by atoms with Gasteiger partial charge in [0.15, 0.2) is 0 Å². The van der Waals surface area contributed by atoms with Gasteiger partial charge in [-0.1, -0.05) is 11.6 Å². The van der Waals surface area contributed by atoms with Gasteiger partial charge in [-0.25, -0.2) is 12.8 Å². The van der Waals surface area contributed by atoms with Crippen molar-refractivity contribution in [3.63, 3.8) is 0 Å². The average molecular weight is 315 g/mol. The van der Waals surface area contributed by atoms with Crippen molar-refractivity contribution in [3.05, 3.63) is 52.8 Å². The summed E-state index contributed by atoms with van der Waals surface area (Å²) >= 11 is 5.75. The standard InChI is InChI=1S/C13H12ClFN2O2S/c1-8-6-9(15)2-5-13(8)17-20(18,19)10-3-4-11(14)12(16)7-10/h2-7,17H,16H2,1H3. The van der Waals surface area contributed by atoms with E-state index in [9.17, 15) is 12.8 Å². The van der Waals surface area contributed by atoms with Gasteiger partial charge >= 0.3 is 0 Å². The molecule has 2 aromatic rings. The highest BCUT2D eigenvalue weighted by atomic mass is 35.5. The fraction of sp³-hybridized carbons (Fsp3) is 0.0769. The second-order valence-electron chi connectivity index (χ2n) is 4.25. The van der Waals surface area contributed by atoms with Crippen molar-refractivity contribution < 1.29 is 12.8 Å². The summed E-state index contributed by atoms with van der Waals surface area (Å²) in [4.78, 5) is -0.0110. The van der Waals surface area contributed by atoms with Gasteiger partial charge < -0.3 is 5.73 Å². The summed E-state index contributed by atoms with van der Waals surface area (Å²) in [6.45, 7) is 1.61. The molecule has 0 saturated carbocycles. The first-order valence-corrected chi connectivity index (χ1v) is 7.50. The van der Waals surface area contributed by atoms with E-state index in [1.54, 1.807) is 6.92 Å². The lowest BCUT2D eigenvalue weighted by Crippen LogP contribution is -2.14. The van der Waals surface area contributed by atoms with E-state index < -0.39 is 15.8 Å². The molecule has 0 atom stereocenters. The number of halogens is 2. The highest BCUT2D eigenvalue weighted by molar-refractivity contribution is 7.92. The van der Waals surface area contributed by atoms with E-state index in [0.29, 0.717) is 11.3 Å². The van der Waals surface area contributed by atoms with Gasteiger partial charge in [-0.05, 0) is 48.9 Å². The minimum atomic E-state index is -3.80. The molecule has 4 nitrogen and oxygen atoms in total. The highest BCUT2D eigenvalue weighted by Crippen LogP contribution is 2.25. The Labute approximate surface area is 121 Å². The predicted molar refractivity (Wildman–Crippen MR) is 77.8 cm³/mol. The molecule has 3 N–H and O–H groups in total. The summed E-state index contributed by atoms with van der Waals surface area (Å²) in [6.07, 6.45) is 0. The van der Waals surface area contributed by atoms with Crippen molar-refractivity contribution in [1.82, 2.24) is 0 Å². The molecule has 2 aromatic carbocycles. The van der Waals surface area contributed by atoms with Gasteiger partial charge in [-0.2, -0.15) is 0 Å². The van der Waals surface area contributed by atoms with Crippen LogP contribution in [-0.4, -0.2) is 8.42 Å². The Morgan fingerprint density at radius 3 is 2.50 bits per heavy atom. The third-order valence-electron chi connectivity index (χ3n) is 2.71. The Kier molecular flexibility index (Phi) is 3.87. The van der Waals surface area contributed by atoms with E-state index >= 15 is 0 Å². The highest BCUT2D eigenvalue weighted by Gasteiger charge is 2.16. The number of hydrogen-bond donors (Lipinski definition) is 2. The third-order valence-corrected chi connectivity index (χ3v) is 4.42. The molecule has 0 bridgehead atoms. The zero-order chi connectivity index (χ0) is 14.9. The largest absolute Gasteiger partial charge is 0.397 e. The van der Waals surface area contributed by atoms with Crippen LogP contribution in [0.5, 0.6) is 0 Å². The molecule has 0 aliphatic rings. The summed E-state index contributed by atoms with van der Waals surface area (Å²) in [6, 6.07) is 7.81. The van der Waals surface area contributed by atoms with Gasteiger partial charge in [-0.15, -0.1) is 0 Å². The maximum absolute atomic E-state index is 13.0. The Morgan fingerprint density at radius 1 is 1.20 bits per heavy atom. The summed E-state index contributed by atoms with van der Waals surface area (Å²) in [5.74, 6) is -0.429. The normalized spacial score (nSPS) is 11.3. The predicted octanol–water partition coefficient (Wildman–Crippen LogP) is 3.17. The molecule has 0 amide bonds. The minimum Gasteiger partial charge on any atom is -0.397 e. The smallest absolute Gasteiger partial charge is 0.261 e. The van der Waals surface area contributed by atoms with Crippen LogP contribution in [0.4, 0.5) is 15.8 Å². The van der Waals surface area contributed by atoms with E-state index in [-0.39, 0.29) is 15.6 Å². The Bertz CT molecular complexity index is 763. The number of hydrogen-bond acceptors (Lipinski definition) is 3. The minimum absolute atomic E-state index is 0.0110. The monoisotopic (exact) mass is 314 g/mol. The zero-order valence-corrected chi connectivity index (χ0v) is 12.1. The van der Waals surface area contributed by atoms with Crippen molar-refractivity contribution in [3.8, 4) is 0 Å². The maximum Gasteiger partial charge on any atom is 0.261 e. The van der Waals surface area contributed by atoms with E-state index in [0.717, 1.165) is 0 Å². The number of nitrogens with one attached hydrogen (secondary N) is 1. The Balaban J connectivity index is 2.38. The van der Waals surface area contributed by atoms with Gasteiger partial charge in [0.05, 0.1) is 21.3 Å². The summed E-state index contributed by atoms with van der Waals surface area (Å²) < 4.78 is 39.8. The van der Waals surface area contributed by atoms with Crippen LogP contribution in [0.3, 0.4) is 0 Å². The molecular weight excluding hydrogens is 303 g/mol. The van der Waals surface area contributed by atoms with Crippen LogP contribution in [0.2, 0.25) is 5.02 Å². The van der Waals surface area contributed by atoms with Crippen LogP contribution in [0.15, 0.2) is 41.3 Å². The van der Waals surface area contributed by atoms with Crippen molar-refractivity contribution in [2.24, 2.45) is 0 Å². The van der Waals surface area contributed by atoms with Gasteiger partial charge in [0.25, 0.3) is 10.0 Å². The summed E-state index contributed by atoms with van der Waals surface area (Å²) in [5, 5.41) is 0.280. The molecule has 0 radical (unpaired) electrons. The number of rotatable bonds is 3. The summed E-state index contributed by atoms with van der Waals surface area (Å²) in [7, 11) is -3.80. The second kappa shape index (κ2) is 5.30. The fourth-order valence-corrected chi connectivity index (χ4v) is 2.92. The topological polar surface area (TPSA) is 72.2 Å². The SMILES string of the molecule is Cc1cc(F)ccc1NS(=O)(=O)c1ccc(Cl)c(N)c1. The van der Waals surface area contributed by atoms with Crippen LogP contribution < -0.4 is 10.5 Å². The molecule has 2 rings (SSSR count). The molecule has 0 saturated heterocycles. The number of nitrogens with two attached hydrogens (primary N) is 1. The Hall–Kier alpha value is -1.79. The first kappa shape index (κ1) is 14.6. The molecule has 0 fully saturated rings. The van der Waals surface area contributed by atoms with Gasteiger partial charge in [0.1, 0.15) is 5.82 Å². The number of anilines is 2. The quantitative estimate of drug-likeness (QED) is 0.855. The number of sulfonamides is 1. The molecule has 0 aliphatic heterocycles. The molecule has 106 valence electrons. The molecule has 0 aliphatic carbocycles. The number of nitrogen functional groups attached to an aromatic ring is 1. The second-order valence-corrected chi connectivity index (χ2v) is 6.34. The van der Waals surface area contributed by atoms with Crippen molar-refractivity contribution in [2.45, 2.75) is 11.8 Å². The Morgan fingerprint density at radius 2 is 1.90 bits per heavy atom. The number of aryl methyl sites for hydroxylation is 1. The lowest BCUT2D eigenvalue weighted by Gasteiger charge is -2.11. The first-order valence-electron chi connectivity index (χ1n) is 5.63. The van der Waals surface area contributed by atoms with Gasteiger partial charge in [-0.3, -0.25) is 4.72 Å². The molecular formula is C13H12ClFN2O2S. The first-order chi connectivity index (χ1) is 9.29. The molecule has 0 unspecified atom stereocenters. The van der Waals surface area contributed by atoms with Crippen molar-refractivity contribution >= 4 is 33.0 Å². The van der Waals surface area contributed by atoms with Crippen LogP contribution >= 0.6 is 11.6 Å². The van der Waals surface area contributed by atoms with E-state index in [1.165, 1.54) is 36.4 Å². The molecule has 0 spiro atoms. The van der Waals surface area contributed by atoms with E-state index in [1.807, 2.05) is 0 Å². The van der Waals surface area contributed by atoms with E-state index in [2.05, 4.69) is 4.72 Å². The van der Waals surface area contributed by atoms with Crippen molar-refractivity contribution in [1.29, 1.82) is 0 Å². The lowest BCUT2D eigenvalue weighted by molar-refractivity contribution is 0.601.